The summed E-state index contributed by atoms with van der Waals surface area (Å²) in [6, 6.07) is 8.87. The van der Waals surface area contributed by atoms with Crippen LogP contribution in [0.1, 0.15) is 55.6 Å². The van der Waals surface area contributed by atoms with Crippen molar-refractivity contribution in [2.45, 2.75) is 46.0 Å². The molecule has 0 saturated carbocycles. The molecule has 0 bridgehead atoms. The van der Waals surface area contributed by atoms with Gasteiger partial charge in [-0.05, 0) is 55.0 Å². The van der Waals surface area contributed by atoms with Crippen LogP contribution in [0.25, 0.3) is 16.7 Å². The number of carbonyl (C=O) groups excluding carboxylic acids is 2. The topological polar surface area (TPSA) is 94.3 Å². The number of hydrogen-bond donors (Lipinski definition) is 1. The number of aldehydes is 1. The number of aromatic hydroxyl groups is 1. The molecule has 3 rings (SSSR count). The molecule has 0 aliphatic rings. The van der Waals surface area contributed by atoms with Gasteiger partial charge in [0.05, 0.1) is 6.61 Å². The summed E-state index contributed by atoms with van der Waals surface area (Å²) in [5.41, 5.74) is 3.98. The number of phenolic OH excluding ortho intramolecular Hbond substituents is 1. The highest BCUT2D eigenvalue weighted by atomic mass is 16.5. The Morgan fingerprint density at radius 1 is 1.19 bits per heavy atom. The standard InChI is InChI=1S/C24H27N3O4/c1-15(2)23(30)31-10-6-7-16-11-18(24(3,4)5)22(29)21(13-16)27-25-19-9-8-17(14-28)12-20(19)26-27/h8-9,11-14,29H,1,6-7,10H2,2-5H3. The Labute approximate surface area is 181 Å². The Bertz CT molecular complexity index is 1160. The minimum absolute atomic E-state index is 0.112. The van der Waals surface area contributed by atoms with Crippen molar-refractivity contribution in [2.24, 2.45) is 0 Å². The predicted octanol–water partition coefficient (Wildman–Crippen LogP) is 4.29. The van der Waals surface area contributed by atoms with E-state index in [0.717, 1.165) is 17.4 Å². The quantitative estimate of drug-likeness (QED) is 0.265. The molecular weight excluding hydrogens is 394 g/mol. The third kappa shape index (κ3) is 4.99. The Balaban J connectivity index is 1.95. The van der Waals surface area contributed by atoms with Gasteiger partial charge in [0.1, 0.15) is 28.8 Å². The number of fused-ring (bicyclic) bond motifs is 1. The van der Waals surface area contributed by atoms with E-state index in [1.54, 1.807) is 25.1 Å². The number of aromatic nitrogens is 3. The highest BCUT2D eigenvalue weighted by Gasteiger charge is 2.23. The highest BCUT2D eigenvalue weighted by Crippen LogP contribution is 2.36. The van der Waals surface area contributed by atoms with E-state index in [-0.39, 0.29) is 17.8 Å². The molecule has 2 aromatic carbocycles. The molecule has 0 radical (unpaired) electrons. The molecule has 1 aromatic heterocycles. The summed E-state index contributed by atoms with van der Waals surface area (Å²) in [7, 11) is 0. The first-order valence-corrected chi connectivity index (χ1v) is 10.1. The summed E-state index contributed by atoms with van der Waals surface area (Å²) in [6.45, 7) is 11.5. The van der Waals surface area contributed by atoms with Gasteiger partial charge in [0.15, 0.2) is 0 Å². The van der Waals surface area contributed by atoms with Gasteiger partial charge in [0, 0.05) is 16.7 Å². The van der Waals surface area contributed by atoms with Crippen LogP contribution in [0.5, 0.6) is 5.75 Å². The van der Waals surface area contributed by atoms with Crippen molar-refractivity contribution in [3.63, 3.8) is 0 Å². The van der Waals surface area contributed by atoms with E-state index in [1.165, 1.54) is 4.80 Å². The minimum Gasteiger partial charge on any atom is -0.505 e. The van der Waals surface area contributed by atoms with Crippen LogP contribution in [0.4, 0.5) is 0 Å². The molecule has 31 heavy (non-hydrogen) atoms. The molecule has 0 fully saturated rings. The zero-order valence-corrected chi connectivity index (χ0v) is 18.3. The third-order valence-electron chi connectivity index (χ3n) is 4.90. The zero-order valence-electron chi connectivity index (χ0n) is 18.3. The van der Waals surface area contributed by atoms with Gasteiger partial charge in [0.25, 0.3) is 0 Å². The van der Waals surface area contributed by atoms with E-state index in [1.807, 2.05) is 32.9 Å². The van der Waals surface area contributed by atoms with E-state index >= 15 is 0 Å². The Hall–Kier alpha value is -3.48. The summed E-state index contributed by atoms with van der Waals surface area (Å²) in [5, 5.41) is 19.9. The number of carbonyl (C=O) groups is 2. The lowest BCUT2D eigenvalue weighted by Crippen LogP contribution is -2.14. The molecule has 162 valence electrons. The van der Waals surface area contributed by atoms with Crippen LogP contribution < -0.4 is 0 Å². The molecule has 1 N–H and O–H groups in total. The van der Waals surface area contributed by atoms with Gasteiger partial charge in [-0.15, -0.1) is 15.0 Å². The fraction of sp³-hybridized carbons (Fsp3) is 0.333. The number of aryl methyl sites for hydroxylation is 1. The van der Waals surface area contributed by atoms with Gasteiger partial charge in [-0.2, -0.15) is 0 Å². The normalized spacial score (nSPS) is 11.5. The molecule has 0 aliphatic carbocycles. The third-order valence-corrected chi connectivity index (χ3v) is 4.90. The average Bonchev–Trinajstić information content (AvgIpc) is 3.13. The van der Waals surface area contributed by atoms with Crippen molar-refractivity contribution in [1.29, 1.82) is 0 Å². The van der Waals surface area contributed by atoms with Crippen molar-refractivity contribution >= 4 is 23.3 Å². The molecule has 0 unspecified atom stereocenters. The first-order valence-electron chi connectivity index (χ1n) is 10.1. The summed E-state index contributed by atoms with van der Waals surface area (Å²) in [5.74, 6) is -0.287. The lowest BCUT2D eigenvalue weighted by atomic mass is 9.84. The Morgan fingerprint density at radius 3 is 2.55 bits per heavy atom. The van der Waals surface area contributed by atoms with Gasteiger partial charge in [0.2, 0.25) is 0 Å². The zero-order chi connectivity index (χ0) is 22.8. The first kappa shape index (κ1) is 22.2. The second-order valence-corrected chi connectivity index (χ2v) is 8.64. The number of ether oxygens (including phenoxy) is 1. The van der Waals surface area contributed by atoms with E-state index < -0.39 is 5.97 Å². The molecule has 0 atom stereocenters. The number of rotatable bonds is 7. The van der Waals surface area contributed by atoms with Crippen molar-refractivity contribution in [2.75, 3.05) is 6.61 Å². The van der Waals surface area contributed by atoms with Crippen molar-refractivity contribution in [3.8, 4) is 11.4 Å². The maximum Gasteiger partial charge on any atom is 0.333 e. The Kier molecular flexibility index (Phi) is 6.24. The van der Waals surface area contributed by atoms with Crippen LogP contribution >= 0.6 is 0 Å². The monoisotopic (exact) mass is 421 g/mol. The highest BCUT2D eigenvalue weighted by molar-refractivity contribution is 5.87. The fourth-order valence-electron chi connectivity index (χ4n) is 3.22. The largest absolute Gasteiger partial charge is 0.505 e. The van der Waals surface area contributed by atoms with Gasteiger partial charge in [-0.3, -0.25) is 4.79 Å². The van der Waals surface area contributed by atoms with Crippen LogP contribution in [0.2, 0.25) is 0 Å². The predicted molar refractivity (Wildman–Crippen MR) is 119 cm³/mol. The lowest BCUT2D eigenvalue weighted by Gasteiger charge is -2.23. The van der Waals surface area contributed by atoms with Gasteiger partial charge in [-0.25, -0.2) is 4.79 Å². The first-order chi connectivity index (χ1) is 14.6. The van der Waals surface area contributed by atoms with Crippen LogP contribution in [0, 0.1) is 0 Å². The number of nitrogens with zero attached hydrogens (tertiary/aromatic N) is 3. The maximum atomic E-state index is 11.6. The van der Waals surface area contributed by atoms with Crippen molar-refractivity contribution < 1.29 is 19.4 Å². The lowest BCUT2D eigenvalue weighted by molar-refractivity contribution is -0.139. The molecule has 7 nitrogen and oxygen atoms in total. The number of benzene rings is 2. The summed E-state index contributed by atoms with van der Waals surface area (Å²) < 4.78 is 5.18. The summed E-state index contributed by atoms with van der Waals surface area (Å²) in [6.07, 6.45) is 2.04. The molecule has 3 aromatic rings. The van der Waals surface area contributed by atoms with Crippen molar-refractivity contribution in [3.05, 3.63) is 59.2 Å². The Morgan fingerprint density at radius 2 is 1.90 bits per heavy atom. The van der Waals surface area contributed by atoms with E-state index in [4.69, 9.17) is 4.74 Å². The maximum absolute atomic E-state index is 11.6. The van der Waals surface area contributed by atoms with Crippen LogP contribution in [0.15, 0.2) is 42.5 Å². The summed E-state index contributed by atoms with van der Waals surface area (Å²) in [4.78, 5) is 24.0. The van der Waals surface area contributed by atoms with E-state index in [9.17, 15) is 14.7 Å². The number of phenols is 1. The molecule has 1 heterocycles. The van der Waals surface area contributed by atoms with E-state index in [0.29, 0.717) is 40.7 Å². The van der Waals surface area contributed by atoms with Gasteiger partial charge >= 0.3 is 5.97 Å². The average molecular weight is 421 g/mol. The minimum atomic E-state index is -0.399. The van der Waals surface area contributed by atoms with Crippen LogP contribution in [0.3, 0.4) is 0 Å². The molecular formula is C24H27N3O4. The summed E-state index contributed by atoms with van der Waals surface area (Å²) >= 11 is 0. The molecule has 7 heteroatoms. The second-order valence-electron chi connectivity index (χ2n) is 8.64. The smallest absolute Gasteiger partial charge is 0.333 e. The van der Waals surface area contributed by atoms with Gasteiger partial charge < -0.3 is 9.84 Å². The second kappa shape index (κ2) is 8.71. The van der Waals surface area contributed by atoms with E-state index in [2.05, 4.69) is 16.8 Å². The van der Waals surface area contributed by atoms with Crippen molar-refractivity contribution in [1.82, 2.24) is 15.0 Å². The van der Waals surface area contributed by atoms with Gasteiger partial charge in [-0.1, -0.05) is 33.4 Å². The number of esters is 1. The van der Waals surface area contributed by atoms with Crippen LogP contribution in [-0.2, 0) is 21.4 Å². The fourth-order valence-corrected chi connectivity index (χ4v) is 3.22. The molecule has 0 amide bonds. The molecule has 0 aliphatic heterocycles. The SMILES string of the molecule is C=C(C)C(=O)OCCCc1cc(-n2nc3ccc(C=O)cc3n2)c(O)c(C(C)(C)C)c1. The molecule has 0 spiro atoms. The number of hydrogen-bond acceptors (Lipinski definition) is 6. The molecule has 0 saturated heterocycles. The van der Waals surface area contributed by atoms with Crippen LogP contribution in [-0.4, -0.2) is 39.0 Å².